The topological polar surface area (TPSA) is 37.0 Å². The summed E-state index contributed by atoms with van der Waals surface area (Å²) in [5, 5.41) is 10.5. The van der Waals surface area contributed by atoms with Gasteiger partial charge in [-0.2, -0.15) is 0 Å². The SMILES string of the molecule is CC1(CNC(C)(C)c2nccs2)CCCCN1. The minimum Gasteiger partial charge on any atom is -0.310 e. The van der Waals surface area contributed by atoms with E-state index in [1.54, 1.807) is 11.3 Å². The van der Waals surface area contributed by atoms with E-state index in [1.807, 2.05) is 11.6 Å². The average Bonchev–Trinajstić information content (AvgIpc) is 2.82. The molecule has 1 aromatic rings. The van der Waals surface area contributed by atoms with E-state index in [-0.39, 0.29) is 11.1 Å². The first kappa shape index (κ1) is 13.0. The van der Waals surface area contributed by atoms with Crippen LogP contribution in [0.3, 0.4) is 0 Å². The summed E-state index contributed by atoms with van der Waals surface area (Å²) in [7, 11) is 0. The van der Waals surface area contributed by atoms with Crippen LogP contribution in [-0.4, -0.2) is 23.6 Å². The molecule has 2 heterocycles. The van der Waals surface area contributed by atoms with E-state index < -0.39 is 0 Å². The second kappa shape index (κ2) is 5.04. The Balaban J connectivity index is 1.93. The Morgan fingerprint density at radius 1 is 1.53 bits per heavy atom. The maximum Gasteiger partial charge on any atom is 0.112 e. The number of aromatic nitrogens is 1. The van der Waals surface area contributed by atoms with Crippen LogP contribution < -0.4 is 10.6 Å². The molecule has 0 aliphatic carbocycles. The van der Waals surface area contributed by atoms with Crippen molar-refractivity contribution in [3.63, 3.8) is 0 Å². The highest BCUT2D eigenvalue weighted by Crippen LogP contribution is 2.24. The van der Waals surface area contributed by atoms with Crippen molar-refractivity contribution in [2.45, 2.75) is 51.1 Å². The van der Waals surface area contributed by atoms with Crippen molar-refractivity contribution in [1.82, 2.24) is 15.6 Å². The fourth-order valence-corrected chi connectivity index (χ4v) is 3.03. The molecule has 2 N–H and O–H groups in total. The average molecular weight is 253 g/mol. The van der Waals surface area contributed by atoms with Crippen LogP contribution >= 0.6 is 11.3 Å². The Morgan fingerprint density at radius 2 is 2.35 bits per heavy atom. The highest BCUT2D eigenvalue weighted by molar-refractivity contribution is 7.09. The zero-order chi connectivity index (χ0) is 12.4. The van der Waals surface area contributed by atoms with Crippen molar-refractivity contribution >= 4 is 11.3 Å². The Bertz CT molecular complexity index is 340. The highest BCUT2D eigenvalue weighted by atomic mass is 32.1. The number of thiazole rings is 1. The summed E-state index contributed by atoms with van der Waals surface area (Å²) >= 11 is 1.72. The zero-order valence-corrected chi connectivity index (χ0v) is 11.9. The van der Waals surface area contributed by atoms with Gasteiger partial charge in [-0.15, -0.1) is 11.3 Å². The van der Waals surface area contributed by atoms with Crippen LogP contribution in [0.1, 0.15) is 45.0 Å². The molecule has 0 spiro atoms. The van der Waals surface area contributed by atoms with Gasteiger partial charge < -0.3 is 10.6 Å². The van der Waals surface area contributed by atoms with Crippen molar-refractivity contribution in [3.8, 4) is 0 Å². The highest BCUT2D eigenvalue weighted by Gasteiger charge is 2.30. The second-order valence-electron chi connectivity index (χ2n) is 5.76. The van der Waals surface area contributed by atoms with Crippen LogP contribution in [0.2, 0.25) is 0 Å². The molecule has 0 bridgehead atoms. The first-order valence-electron chi connectivity index (χ1n) is 6.42. The van der Waals surface area contributed by atoms with Crippen molar-refractivity contribution in [1.29, 1.82) is 0 Å². The molecular weight excluding hydrogens is 230 g/mol. The first-order chi connectivity index (χ1) is 8.02. The summed E-state index contributed by atoms with van der Waals surface area (Å²) in [6.45, 7) is 8.88. The standard InChI is InChI=1S/C13H23N3S/c1-12(2,11-14-8-9-17-11)16-10-13(3)6-4-5-7-15-13/h8-9,15-16H,4-7,10H2,1-3H3. The van der Waals surface area contributed by atoms with Crippen molar-refractivity contribution in [2.24, 2.45) is 0 Å². The molecule has 1 atom stereocenters. The molecule has 4 heteroatoms. The van der Waals surface area contributed by atoms with E-state index in [0.29, 0.717) is 0 Å². The summed E-state index contributed by atoms with van der Waals surface area (Å²) in [5.41, 5.74) is 0.211. The van der Waals surface area contributed by atoms with Crippen molar-refractivity contribution < 1.29 is 0 Å². The van der Waals surface area contributed by atoms with Gasteiger partial charge in [0.25, 0.3) is 0 Å². The van der Waals surface area contributed by atoms with Gasteiger partial charge in [0.2, 0.25) is 0 Å². The van der Waals surface area contributed by atoms with Gasteiger partial charge in [0, 0.05) is 23.7 Å². The third kappa shape index (κ3) is 3.27. The molecule has 1 aromatic heterocycles. The molecule has 1 fully saturated rings. The summed E-state index contributed by atoms with van der Waals surface area (Å²) in [6.07, 6.45) is 5.78. The zero-order valence-electron chi connectivity index (χ0n) is 11.0. The molecular formula is C13H23N3S. The van der Waals surface area contributed by atoms with Gasteiger partial charge in [0.15, 0.2) is 0 Å². The minimum absolute atomic E-state index is 0.0314. The van der Waals surface area contributed by atoms with Crippen molar-refractivity contribution in [3.05, 3.63) is 16.6 Å². The van der Waals surface area contributed by atoms with Crippen LogP contribution in [0, 0.1) is 0 Å². The maximum absolute atomic E-state index is 4.41. The minimum atomic E-state index is -0.0314. The molecule has 0 aromatic carbocycles. The second-order valence-corrected chi connectivity index (χ2v) is 6.65. The molecule has 3 nitrogen and oxygen atoms in total. The molecule has 2 rings (SSSR count). The van der Waals surface area contributed by atoms with E-state index in [0.717, 1.165) is 18.1 Å². The van der Waals surface area contributed by atoms with Gasteiger partial charge in [-0.1, -0.05) is 6.42 Å². The maximum atomic E-state index is 4.41. The molecule has 96 valence electrons. The number of hydrogen-bond acceptors (Lipinski definition) is 4. The number of hydrogen-bond donors (Lipinski definition) is 2. The van der Waals surface area contributed by atoms with Gasteiger partial charge in [-0.3, -0.25) is 0 Å². The van der Waals surface area contributed by atoms with Crippen LogP contribution in [0.5, 0.6) is 0 Å². The third-order valence-electron chi connectivity index (χ3n) is 3.59. The quantitative estimate of drug-likeness (QED) is 0.865. The van der Waals surface area contributed by atoms with E-state index in [1.165, 1.54) is 19.3 Å². The molecule has 1 aliphatic rings. The van der Waals surface area contributed by atoms with Gasteiger partial charge >= 0.3 is 0 Å². The lowest BCUT2D eigenvalue weighted by molar-refractivity contribution is 0.238. The van der Waals surface area contributed by atoms with E-state index in [9.17, 15) is 0 Å². The van der Waals surface area contributed by atoms with Gasteiger partial charge in [0.05, 0.1) is 5.54 Å². The number of rotatable bonds is 4. The Kier molecular flexibility index (Phi) is 3.85. The van der Waals surface area contributed by atoms with Crippen LogP contribution in [0.25, 0.3) is 0 Å². The van der Waals surface area contributed by atoms with Crippen LogP contribution in [-0.2, 0) is 5.54 Å². The summed E-state index contributed by atoms with van der Waals surface area (Å²) < 4.78 is 0. The lowest BCUT2D eigenvalue weighted by Crippen LogP contribution is -2.55. The van der Waals surface area contributed by atoms with Gasteiger partial charge in [-0.25, -0.2) is 4.98 Å². The van der Waals surface area contributed by atoms with Gasteiger partial charge in [-0.05, 0) is 40.2 Å². The smallest absolute Gasteiger partial charge is 0.112 e. The monoisotopic (exact) mass is 253 g/mol. The largest absolute Gasteiger partial charge is 0.310 e. The molecule has 0 amide bonds. The fraction of sp³-hybridized carbons (Fsp3) is 0.769. The number of nitrogens with zero attached hydrogens (tertiary/aromatic N) is 1. The van der Waals surface area contributed by atoms with Crippen molar-refractivity contribution in [2.75, 3.05) is 13.1 Å². The molecule has 0 saturated carbocycles. The number of nitrogens with one attached hydrogen (secondary N) is 2. The summed E-state index contributed by atoms with van der Waals surface area (Å²) in [5.74, 6) is 0. The Morgan fingerprint density at radius 3 is 2.94 bits per heavy atom. The molecule has 0 radical (unpaired) electrons. The lowest BCUT2D eigenvalue weighted by atomic mass is 9.90. The predicted octanol–water partition coefficient (Wildman–Crippen LogP) is 2.50. The third-order valence-corrected chi connectivity index (χ3v) is 4.69. The molecule has 17 heavy (non-hydrogen) atoms. The lowest BCUT2D eigenvalue weighted by Gasteiger charge is -2.38. The normalized spacial score (nSPS) is 26.1. The fourth-order valence-electron chi connectivity index (χ4n) is 2.29. The number of piperidine rings is 1. The van der Waals surface area contributed by atoms with E-state index in [4.69, 9.17) is 0 Å². The predicted molar refractivity (Wildman–Crippen MR) is 73.4 cm³/mol. The Hall–Kier alpha value is -0.450. The molecule has 1 aliphatic heterocycles. The van der Waals surface area contributed by atoms with Gasteiger partial charge in [0.1, 0.15) is 5.01 Å². The van der Waals surface area contributed by atoms with Crippen LogP contribution in [0.15, 0.2) is 11.6 Å². The van der Waals surface area contributed by atoms with Crippen LogP contribution in [0.4, 0.5) is 0 Å². The molecule has 1 unspecified atom stereocenters. The Labute approximate surface area is 108 Å². The van der Waals surface area contributed by atoms with E-state index >= 15 is 0 Å². The summed E-state index contributed by atoms with van der Waals surface area (Å²) in [4.78, 5) is 4.41. The van der Waals surface area contributed by atoms with E-state index in [2.05, 4.69) is 36.4 Å². The summed E-state index contributed by atoms with van der Waals surface area (Å²) in [6, 6.07) is 0. The molecule has 1 saturated heterocycles. The first-order valence-corrected chi connectivity index (χ1v) is 7.30.